The summed E-state index contributed by atoms with van der Waals surface area (Å²) >= 11 is 0. The van der Waals surface area contributed by atoms with Crippen molar-refractivity contribution in [1.29, 1.82) is 0 Å². The molecule has 0 aliphatic heterocycles. The molecular formula is C16H26N4O. The molecule has 5 nitrogen and oxygen atoms in total. The maximum Gasteiger partial charge on any atom is 0.269 e. The van der Waals surface area contributed by atoms with E-state index in [1.54, 1.807) is 12.3 Å². The smallest absolute Gasteiger partial charge is 0.269 e. The van der Waals surface area contributed by atoms with Gasteiger partial charge < -0.3 is 10.6 Å². The number of carbonyl (C=O) groups is 1. The van der Waals surface area contributed by atoms with E-state index in [4.69, 9.17) is 0 Å². The molecule has 1 unspecified atom stereocenters. The minimum atomic E-state index is -0.104. The normalized spacial score (nSPS) is 15.8. The fraction of sp³-hybridized carbons (Fsp3) is 0.625. The number of hydrogen-bond acceptors (Lipinski definition) is 4. The number of aromatic nitrogens is 1. The molecule has 0 saturated heterocycles. The highest BCUT2D eigenvalue weighted by atomic mass is 16.1. The first-order chi connectivity index (χ1) is 10.1. The number of rotatable bonds is 8. The van der Waals surface area contributed by atoms with Gasteiger partial charge in [-0.1, -0.05) is 6.92 Å². The topological polar surface area (TPSA) is 57.3 Å². The van der Waals surface area contributed by atoms with Crippen molar-refractivity contribution in [3.63, 3.8) is 0 Å². The standard InChI is InChI=1S/C16H26N4O/c1-4-9-17-13-5-8-15(18-11-13)16(21)19-10-12(2)20(3)14-6-7-14/h5,8,11-12,14,17H,4,6-7,9-10H2,1-3H3,(H,19,21). The Bertz CT molecular complexity index is 456. The Balaban J connectivity index is 1.79. The number of amides is 1. The van der Waals surface area contributed by atoms with E-state index in [9.17, 15) is 4.79 Å². The number of likely N-dealkylation sites (N-methyl/N-ethyl adjacent to an activating group) is 1. The van der Waals surface area contributed by atoms with Gasteiger partial charge in [0, 0.05) is 25.2 Å². The van der Waals surface area contributed by atoms with Crippen LogP contribution in [0.2, 0.25) is 0 Å². The Labute approximate surface area is 127 Å². The highest BCUT2D eigenvalue weighted by molar-refractivity contribution is 5.92. The third-order valence-electron chi connectivity index (χ3n) is 3.95. The second kappa shape index (κ2) is 7.41. The molecule has 0 bridgehead atoms. The first kappa shape index (κ1) is 15.8. The van der Waals surface area contributed by atoms with E-state index in [-0.39, 0.29) is 5.91 Å². The summed E-state index contributed by atoms with van der Waals surface area (Å²) in [7, 11) is 2.13. The zero-order chi connectivity index (χ0) is 15.2. The van der Waals surface area contributed by atoms with Crippen LogP contribution in [0.25, 0.3) is 0 Å². The number of pyridine rings is 1. The van der Waals surface area contributed by atoms with E-state index >= 15 is 0 Å². The van der Waals surface area contributed by atoms with Crippen LogP contribution in [-0.2, 0) is 0 Å². The Morgan fingerprint density at radius 1 is 1.48 bits per heavy atom. The lowest BCUT2D eigenvalue weighted by atomic mass is 10.2. The number of hydrogen-bond donors (Lipinski definition) is 2. The molecule has 0 aromatic carbocycles. The van der Waals surface area contributed by atoms with Crippen LogP contribution in [0.15, 0.2) is 18.3 Å². The Kier molecular flexibility index (Phi) is 5.56. The molecule has 2 N–H and O–H groups in total. The molecule has 1 aromatic rings. The molecule has 116 valence electrons. The summed E-state index contributed by atoms with van der Waals surface area (Å²) in [5, 5.41) is 6.21. The van der Waals surface area contributed by atoms with Gasteiger partial charge in [0.2, 0.25) is 0 Å². The van der Waals surface area contributed by atoms with Gasteiger partial charge in [-0.25, -0.2) is 4.98 Å². The van der Waals surface area contributed by atoms with E-state index in [0.29, 0.717) is 24.3 Å². The summed E-state index contributed by atoms with van der Waals surface area (Å²) in [5.74, 6) is -0.104. The molecule has 0 radical (unpaired) electrons. The van der Waals surface area contributed by atoms with Crippen LogP contribution in [0.4, 0.5) is 5.69 Å². The SMILES string of the molecule is CCCNc1ccc(C(=O)NCC(C)N(C)C2CC2)nc1. The Hall–Kier alpha value is -1.62. The summed E-state index contributed by atoms with van der Waals surface area (Å²) in [6.45, 7) is 5.83. The van der Waals surface area contributed by atoms with E-state index in [0.717, 1.165) is 18.7 Å². The number of anilines is 1. The average Bonchev–Trinajstić information content (AvgIpc) is 3.34. The van der Waals surface area contributed by atoms with Crippen LogP contribution < -0.4 is 10.6 Å². The van der Waals surface area contributed by atoms with E-state index in [1.807, 2.05) is 6.07 Å². The van der Waals surface area contributed by atoms with Crippen molar-refractivity contribution in [3.05, 3.63) is 24.0 Å². The van der Waals surface area contributed by atoms with Crippen LogP contribution in [0.3, 0.4) is 0 Å². The second-order valence-corrected chi connectivity index (χ2v) is 5.81. The molecule has 2 rings (SSSR count). The molecule has 1 amide bonds. The van der Waals surface area contributed by atoms with Crippen LogP contribution in [0.5, 0.6) is 0 Å². The van der Waals surface area contributed by atoms with E-state index in [2.05, 4.69) is 41.4 Å². The Morgan fingerprint density at radius 3 is 2.81 bits per heavy atom. The van der Waals surface area contributed by atoms with Crippen LogP contribution in [0, 0.1) is 0 Å². The molecular weight excluding hydrogens is 264 g/mol. The van der Waals surface area contributed by atoms with Crippen molar-refractivity contribution in [2.45, 2.75) is 45.2 Å². The first-order valence-corrected chi connectivity index (χ1v) is 7.82. The van der Waals surface area contributed by atoms with Gasteiger partial charge in [0.05, 0.1) is 11.9 Å². The van der Waals surface area contributed by atoms with Gasteiger partial charge >= 0.3 is 0 Å². The van der Waals surface area contributed by atoms with Gasteiger partial charge in [-0.2, -0.15) is 0 Å². The zero-order valence-corrected chi connectivity index (χ0v) is 13.2. The largest absolute Gasteiger partial charge is 0.384 e. The lowest BCUT2D eigenvalue weighted by Gasteiger charge is -2.24. The van der Waals surface area contributed by atoms with Crippen molar-refractivity contribution in [2.24, 2.45) is 0 Å². The highest BCUT2D eigenvalue weighted by Gasteiger charge is 2.29. The third kappa shape index (κ3) is 4.70. The van der Waals surface area contributed by atoms with Crippen molar-refractivity contribution in [1.82, 2.24) is 15.2 Å². The highest BCUT2D eigenvalue weighted by Crippen LogP contribution is 2.26. The molecule has 1 heterocycles. The fourth-order valence-electron chi connectivity index (χ4n) is 2.22. The van der Waals surface area contributed by atoms with Gasteiger partial charge in [0.25, 0.3) is 5.91 Å². The number of nitrogens with zero attached hydrogens (tertiary/aromatic N) is 2. The predicted octanol–water partition coefficient (Wildman–Crippen LogP) is 2.12. The lowest BCUT2D eigenvalue weighted by Crippen LogP contribution is -2.41. The molecule has 1 fully saturated rings. The molecule has 5 heteroatoms. The predicted molar refractivity (Wildman–Crippen MR) is 85.6 cm³/mol. The molecule has 1 aliphatic rings. The van der Waals surface area contributed by atoms with Gasteiger partial charge in [-0.05, 0) is 45.4 Å². The second-order valence-electron chi connectivity index (χ2n) is 5.81. The monoisotopic (exact) mass is 290 g/mol. The molecule has 21 heavy (non-hydrogen) atoms. The van der Waals surface area contributed by atoms with Crippen molar-refractivity contribution < 1.29 is 4.79 Å². The lowest BCUT2D eigenvalue weighted by molar-refractivity contribution is 0.0934. The maximum atomic E-state index is 12.1. The molecule has 1 saturated carbocycles. The summed E-state index contributed by atoms with van der Waals surface area (Å²) in [4.78, 5) is 18.6. The van der Waals surface area contributed by atoms with Crippen LogP contribution >= 0.6 is 0 Å². The van der Waals surface area contributed by atoms with E-state index in [1.165, 1.54) is 12.8 Å². The summed E-state index contributed by atoms with van der Waals surface area (Å²) in [6.07, 6.45) is 5.34. The number of carbonyl (C=O) groups excluding carboxylic acids is 1. The van der Waals surface area contributed by atoms with E-state index < -0.39 is 0 Å². The van der Waals surface area contributed by atoms with Crippen LogP contribution in [-0.4, -0.2) is 48.0 Å². The van der Waals surface area contributed by atoms with Crippen LogP contribution in [0.1, 0.15) is 43.6 Å². The fourth-order valence-corrected chi connectivity index (χ4v) is 2.22. The molecule has 1 atom stereocenters. The summed E-state index contributed by atoms with van der Waals surface area (Å²) in [5.41, 5.74) is 1.42. The van der Waals surface area contributed by atoms with Crippen molar-refractivity contribution in [3.8, 4) is 0 Å². The summed E-state index contributed by atoms with van der Waals surface area (Å²) in [6, 6.07) is 4.73. The third-order valence-corrected chi connectivity index (χ3v) is 3.95. The van der Waals surface area contributed by atoms with Gasteiger partial charge in [0.15, 0.2) is 0 Å². The molecule has 1 aliphatic carbocycles. The molecule has 1 aromatic heterocycles. The quantitative estimate of drug-likeness (QED) is 0.770. The minimum Gasteiger partial charge on any atom is -0.384 e. The first-order valence-electron chi connectivity index (χ1n) is 7.82. The Morgan fingerprint density at radius 2 is 2.24 bits per heavy atom. The van der Waals surface area contributed by atoms with Gasteiger partial charge in [-0.15, -0.1) is 0 Å². The maximum absolute atomic E-state index is 12.1. The van der Waals surface area contributed by atoms with Crippen molar-refractivity contribution >= 4 is 11.6 Å². The summed E-state index contributed by atoms with van der Waals surface area (Å²) < 4.78 is 0. The van der Waals surface area contributed by atoms with Gasteiger partial charge in [0.1, 0.15) is 5.69 Å². The van der Waals surface area contributed by atoms with Gasteiger partial charge in [-0.3, -0.25) is 9.69 Å². The van der Waals surface area contributed by atoms with Crippen molar-refractivity contribution in [2.75, 3.05) is 25.5 Å². The number of nitrogens with one attached hydrogen (secondary N) is 2. The minimum absolute atomic E-state index is 0.104. The average molecular weight is 290 g/mol. The molecule has 0 spiro atoms. The zero-order valence-electron chi connectivity index (χ0n) is 13.2.